The lowest BCUT2D eigenvalue weighted by molar-refractivity contribution is 0.0835. The van der Waals surface area contributed by atoms with Gasteiger partial charge in [0, 0.05) is 23.6 Å². The van der Waals surface area contributed by atoms with Gasteiger partial charge in [0.15, 0.2) is 5.78 Å². The molecule has 0 unspecified atom stereocenters. The van der Waals surface area contributed by atoms with Gasteiger partial charge >= 0.3 is 0 Å². The van der Waals surface area contributed by atoms with Crippen molar-refractivity contribution in [1.82, 2.24) is 4.90 Å². The summed E-state index contributed by atoms with van der Waals surface area (Å²) in [7, 11) is 0. The van der Waals surface area contributed by atoms with Crippen LogP contribution in [0, 0.1) is 23.6 Å². The summed E-state index contributed by atoms with van der Waals surface area (Å²) in [5.74, 6) is 0.764. The number of piperidine rings is 1. The van der Waals surface area contributed by atoms with Crippen molar-refractivity contribution in [1.29, 1.82) is 0 Å². The molecule has 0 radical (unpaired) electrons. The average Bonchev–Trinajstić information content (AvgIpc) is 3.46. The van der Waals surface area contributed by atoms with Gasteiger partial charge in [0.1, 0.15) is 5.82 Å². The Kier molecular flexibility index (Phi) is 5.76. The topological polar surface area (TPSA) is 63.4 Å². The molecule has 2 fully saturated rings. The smallest absolute Gasteiger partial charge is 0.248 e. The number of likely N-dealkylation sites (tertiary alicyclic amines) is 1. The molecule has 29 heavy (non-hydrogen) atoms. The Bertz CT molecular complexity index is 888. The first-order valence-corrected chi connectivity index (χ1v) is 10.4. The number of hydrogen-bond acceptors (Lipinski definition) is 3. The summed E-state index contributed by atoms with van der Waals surface area (Å²) < 4.78 is 13.1. The van der Waals surface area contributed by atoms with Gasteiger partial charge in [-0.3, -0.25) is 9.59 Å². The lowest BCUT2D eigenvalue weighted by Gasteiger charge is -2.31. The number of halogens is 1. The van der Waals surface area contributed by atoms with Crippen molar-refractivity contribution < 1.29 is 14.0 Å². The Labute approximate surface area is 170 Å². The number of rotatable bonds is 7. The summed E-state index contributed by atoms with van der Waals surface area (Å²) >= 11 is 0. The second-order valence-electron chi connectivity index (χ2n) is 8.43. The number of carbonyl (C=O) groups excluding carboxylic acids is 2. The maximum Gasteiger partial charge on any atom is 0.248 e. The highest BCUT2D eigenvalue weighted by Crippen LogP contribution is 2.42. The van der Waals surface area contributed by atoms with Crippen LogP contribution in [-0.4, -0.2) is 36.2 Å². The molecule has 1 saturated carbocycles. The van der Waals surface area contributed by atoms with Gasteiger partial charge in [-0.25, -0.2) is 4.39 Å². The van der Waals surface area contributed by atoms with Gasteiger partial charge in [-0.1, -0.05) is 18.2 Å². The number of primary amides is 1. The van der Waals surface area contributed by atoms with Gasteiger partial charge in [0.25, 0.3) is 0 Å². The Morgan fingerprint density at radius 2 is 1.69 bits per heavy atom. The summed E-state index contributed by atoms with van der Waals surface area (Å²) in [5, 5.41) is 0. The molecule has 4 nitrogen and oxygen atoms in total. The molecule has 1 saturated heterocycles. The van der Waals surface area contributed by atoms with Crippen LogP contribution in [0.15, 0.2) is 48.5 Å². The number of carbonyl (C=O) groups is 2. The first kappa shape index (κ1) is 19.8. The fourth-order valence-corrected chi connectivity index (χ4v) is 4.56. The van der Waals surface area contributed by atoms with Crippen LogP contribution in [0.25, 0.3) is 0 Å². The van der Waals surface area contributed by atoms with Gasteiger partial charge in [0.05, 0.1) is 0 Å². The number of benzene rings is 2. The predicted octanol–water partition coefficient (Wildman–Crippen LogP) is 3.70. The van der Waals surface area contributed by atoms with E-state index in [2.05, 4.69) is 4.90 Å². The van der Waals surface area contributed by atoms with E-state index in [1.165, 1.54) is 18.6 Å². The van der Waals surface area contributed by atoms with Crippen molar-refractivity contribution >= 4 is 11.7 Å². The first-order chi connectivity index (χ1) is 14.0. The van der Waals surface area contributed by atoms with Crippen LogP contribution in [0.1, 0.15) is 45.5 Å². The zero-order valence-corrected chi connectivity index (χ0v) is 16.5. The molecule has 1 aliphatic carbocycles. The zero-order chi connectivity index (χ0) is 20.4. The summed E-state index contributed by atoms with van der Waals surface area (Å²) in [6.07, 6.45) is 3.81. The molecule has 2 N–H and O–H groups in total. The van der Waals surface area contributed by atoms with E-state index < -0.39 is 0 Å². The molecule has 4 rings (SSSR count). The van der Waals surface area contributed by atoms with E-state index in [0.717, 1.165) is 44.5 Å². The average molecular weight is 394 g/mol. The Morgan fingerprint density at radius 1 is 1.00 bits per heavy atom. The zero-order valence-electron chi connectivity index (χ0n) is 16.5. The molecule has 1 heterocycles. The third kappa shape index (κ3) is 4.73. The molecule has 152 valence electrons. The Hall–Kier alpha value is -2.53. The fraction of sp³-hybridized carbons (Fsp3) is 0.417. The summed E-state index contributed by atoms with van der Waals surface area (Å²) in [5.41, 5.74) is 7.79. The van der Waals surface area contributed by atoms with Crippen molar-refractivity contribution in [3.05, 3.63) is 71.0 Å². The second-order valence-corrected chi connectivity index (χ2v) is 8.43. The van der Waals surface area contributed by atoms with Gasteiger partial charge in [0.2, 0.25) is 5.91 Å². The largest absolute Gasteiger partial charge is 0.366 e. The van der Waals surface area contributed by atoms with E-state index >= 15 is 0 Å². The van der Waals surface area contributed by atoms with E-state index in [9.17, 15) is 14.0 Å². The minimum absolute atomic E-state index is 0.0363. The van der Waals surface area contributed by atoms with Crippen LogP contribution in [0.2, 0.25) is 0 Å². The van der Waals surface area contributed by atoms with E-state index in [0.29, 0.717) is 23.0 Å². The van der Waals surface area contributed by atoms with Crippen LogP contribution < -0.4 is 5.73 Å². The normalized spacial score (nSPS) is 22.4. The lowest BCUT2D eigenvalue weighted by atomic mass is 9.89. The first-order valence-electron chi connectivity index (χ1n) is 10.4. The third-order valence-electron chi connectivity index (χ3n) is 6.41. The summed E-state index contributed by atoms with van der Waals surface area (Å²) in [6, 6.07) is 13.5. The second kappa shape index (κ2) is 8.46. The van der Waals surface area contributed by atoms with Gasteiger partial charge < -0.3 is 10.6 Å². The summed E-state index contributed by atoms with van der Waals surface area (Å²) in [4.78, 5) is 26.7. The van der Waals surface area contributed by atoms with E-state index in [4.69, 9.17) is 5.73 Å². The monoisotopic (exact) mass is 394 g/mol. The van der Waals surface area contributed by atoms with Crippen molar-refractivity contribution in [2.24, 2.45) is 23.5 Å². The predicted molar refractivity (Wildman–Crippen MR) is 110 cm³/mol. The molecule has 2 aromatic rings. The quantitative estimate of drug-likeness (QED) is 0.729. The highest BCUT2D eigenvalue weighted by molar-refractivity contribution is 5.97. The molecular weight excluding hydrogens is 367 g/mol. The molecule has 0 aromatic heterocycles. The molecule has 5 heteroatoms. The van der Waals surface area contributed by atoms with Crippen molar-refractivity contribution in [3.8, 4) is 0 Å². The fourth-order valence-electron chi connectivity index (χ4n) is 4.56. The highest BCUT2D eigenvalue weighted by atomic mass is 19.1. The van der Waals surface area contributed by atoms with Crippen LogP contribution >= 0.6 is 0 Å². The van der Waals surface area contributed by atoms with Crippen LogP contribution in [0.4, 0.5) is 4.39 Å². The molecular formula is C24H27FN2O2. The minimum Gasteiger partial charge on any atom is -0.366 e. The number of hydrogen-bond donors (Lipinski definition) is 1. The maximum atomic E-state index is 13.1. The van der Waals surface area contributed by atoms with Crippen LogP contribution in [0.3, 0.4) is 0 Å². The van der Waals surface area contributed by atoms with Crippen LogP contribution in [0.5, 0.6) is 0 Å². The molecule has 2 aromatic carbocycles. The van der Waals surface area contributed by atoms with Gasteiger partial charge in [-0.15, -0.1) is 0 Å². The van der Waals surface area contributed by atoms with E-state index in [-0.39, 0.29) is 23.4 Å². The van der Waals surface area contributed by atoms with Crippen molar-refractivity contribution in [2.45, 2.75) is 25.7 Å². The number of amides is 1. The standard InChI is InChI=1S/C24H27FN2O2/c25-21-7-5-16(6-8-21)23(28)17-9-11-27(12-10-17)15-20-14-19(20)13-18-3-1-2-4-22(18)24(26)29/h1-8,17,19-20H,9-15H2,(H2,26,29)/t19-,20+/m1/s1. The lowest BCUT2D eigenvalue weighted by Crippen LogP contribution is -2.37. The Morgan fingerprint density at radius 3 is 2.38 bits per heavy atom. The number of ketones is 1. The maximum absolute atomic E-state index is 13.1. The summed E-state index contributed by atoms with van der Waals surface area (Å²) in [6.45, 7) is 2.91. The number of nitrogens with zero attached hydrogens (tertiary/aromatic N) is 1. The SMILES string of the molecule is NC(=O)c1ccccc1C[C@@H]1C[C@H]1CN1CCC(C(=O)c2ccc(F)cc2)CC1. The van der Waals surface area contributed by atoms with Crippen LogP contribution in [-0.2, 0) is 6.42 Å². The molecule has 0 spiro atoms. The Balaban J connectivity index is 1.24. The molecule has 1 aliphatic heterocycles. The molecule has 1 amide bonds. The molecule has 2 aliphatic rings. The molecule has 0 bridgehead atoms. The highest BCUT2D eigenvalue weighted by Gasteiger charge is 2.39. The van der Waals surface area contributed by atoms with Crippen molar-refractivity contribution in [2.75, 3.05) is 19.6 Å². The minimum atomic E-state index is -0.356. The van der Waals surface area contributed by atoms with E-state index in [1.54, 1.807) is 18.2 Å². The van der Waals surface area contributed by atoms with E-state index in [1.807, 2.05) is 18.2 Å². The third-order valence-corrected chi connectivity index (χ3v) is 6.41. The van der Waals surface area contributed by atoms with Gasteiger partial charge in [-0.05, 0) is 86.5 Å². The number of Topliss-reactive ketones (excluding diaryl/α,β-unsaturated/α-hetero) is 1. The van der Waals surface area contributed by atoms with Gasteiger partial charge in [-0.2, -0.15) is 0 Å². The van der Waals surface area contributed by atoms with Crippen molar-refractivity contribution in [3.63, 3.8) is 0 Å². The number of nitrogens with two attached hydrogens (primary N) is 1. The molecule has 2 atom stereocenters.